The lowest BCUT2D eigenvalue weighted by molar-refractivity contribution is -0.763. The maximum Gasteiger partial charge on any atom is 0.375 e. The zero-order valence-electron chi connectivity index (χ0n) is 18.0. The van der Waals surface area contributed by atoms with E-state index < -0.39 is 59.7 Å². The molecule has 1 atom stereocenters. The van der Waals surface area contributed by atoms with Gasteiger partial charge in [0, 0.05) is 12.7 Å². The van der Waals surface area contributed by atoms with Crippen LogP contribution in [0.5, 0.6) is 0 Å². The lowest BCUT2D eigenvalue weighted by Gasteiger charge is -2.14. The Morgan fingerprint density at radius 1 is 0.971 bits per heavy atom. The summed E-state index contributed by atoms with van der Waals surface area (Å²) < 4.78 is 9.48. The molecular formula is C18H21N3O12S. The molecule has 0 saturated heterocycles. The van der Waals surface area contributed by atoms with Gasteiger partial charge >= 0.3 is 11.9 Å². The molecule has 0 aliphatic carbocycles. The van der Waals surface area contributed by atoms with Gasteiger partial charge in [-0.25, -0.2) is 9.59 Å². The van der Waals surface area contributed by atoms with Crippen LogP contribution in [-0.4, -0.2) is 58.5 Å². The topological polar surface area (TPSA) is 204 Å². The largest absolute Gasteiger partial charge is 0.467 e. The molecule has 0 radical (unpaired) electrons. The Hall–Kier alpha value is -3.95. The second-order valence-electron chi connectivity index (χ2n) is 6.44. The Morgan fingerprint density at radius 3 is 1.91 bits per heavy atom. The lowest BCUT2D eigenvalue weighted by Crippen LogP contribution is -2.42. The van der Waals surface area contributed by atoms with Crippen molar-refractivity contribution < 1.29 is 48.5 Å². The van der Waals surface area contributed by atoms with Gasteiger partial charge in [-0.3, -0.25) is 9.59 Å². The molecule has 15 nitrogen and oxygen atoms in total. The van der Waals surface area contributed by atoms with Gasteiger partial charge in [-0.15, -0.1) is 20.2 Å². The van der Waals surface area contributed by atoms with Crippen LogP contribution in [0, 0.1) is 20.2 Å². The van der Waals surface area contributed by atoms with Crippen LogP contribution in [0.3, 0.4) is 0 Å². The van der Waals surface area contributed by atoms with Crippen LogP contribution in [0.15, 0.2) is 18.2 Å². The Kier molecular flexibility index (Phi) is 11.8. The second kappa shape index (κ2) is 14.2. The number of carbonyl (C=O) groups excluding carboxylic acids is 4. The van der Waals surface area contributed by atoms with Gasteiger partial charge < -0.3 is 24.5 Å². The third-order valence-corrected chi connectivity index (χ3v) is 4.80. The fraction of sp³-hybridized carbons (Fsp3) is 0.444. The van der Waals surface area contributed by atoms with Gasteiger partial charge in [0.15, 0.2) is 0 Å². The molecule has 1 aromatic rings. The number of amides is 1. The third kappa shape index (κ3) is 11.1. The summed E-state index contributed by atoms with van der Waals surface area (Å²) in [4.78, 5) is 76.1. The van der Waals surface area contributed by atoms with Gasteiger partial charge in [0.25, 0.3) is 10.2 Å². The number of carbonyl (C=O) groups is 4. The van der Waals surface area contributed by atoms with Crippen LogP contribution in [0.1, 0.15) is 23.6 Å². The van der Waals surface area contributed by atoms with Crippen molar-refractivity contribution in [1.82, 2.24) is 5.32 Å². The molecule has 0 aromatic heterocycles. The first-order valence-corrected chi connectivity index (χ1v) is 10.5. The molecule has 16 heteroatoms. The summed E-state index contributed by atoms with van der Waals surface area (Å²) in [7, 11) is 1.14. The highest BCUT2D eigenvalue weighted by Gasteiger charge is 2.22. The highest BCUT2D eigenvalue weighted by atomic mass is 32.2. The molecule has 186 valence electrons. The summed E-state index contributed by atoms with van der Waals surface area (Å²) in [6.45, 7) is -0.142. The van der Waals surface area contributed by atoms with Gasteiger partial charge in [0.2, 0.25) is 11.7 Å². The number of ether oxygens (including phenoxy) is 2. The van der Waals surface area contributed by atoms with Crippen molar-refractivity contribution in [3.63, 3.8) is 0 Å². The number of Topliss-reactive ketones (excluding diaryl/α,β-unsaturated/α-hetero) is 1. The molecule has 0 aliphatic rings. The number of nitrogens with zero attached hydrogens (tertiary/aromatic N) is 2. The second-order valence-corrected chi connectivity index (χ2v) is 7.47. The maximum atomic E-state index is 12.0. The van der Waals surface area contributed by atoms with Gasteiger partial charge in [0.1, 0.15) is 25.9 Å². The number of hydrogen-bond acceptors (Lipinski definition) is 13. The predicted octanol–water partition coefficient (Wildman–Crippen LogP) is 0.126. The number of rotatable bonds is 15. The van der Waals surface area contributed by atoms with E-state index in [0.29, 0.717) is 0 Å². The zero-order chi connectivity index (χ0) is 25.7. The Morgan fingerprint density at radius 2 is 1.47 bits per heavy atom. The number of ketones is 1. The molecule has 1 amide bonds. The number of nitrogens with one attached hydrogen (secondary N) is 1. The number of methoxy groups -OCH3 is 1. The molecule has 0 saturated carbocycles. The first kappa shape index (κ1) is 28.1. The molecule has 1 aromatic carbocycles. The summed E-state index contributed by atoms with van der Waals surface area (Å²) in [6.07, 6.45) is 0. The highest BCUT2D eigenvalue weighted by molar-refractivity contribution is 8.00. The molecular weight excluding hydrogens is 482 g/mol. The summed E-state index contributed by atoms with van der Waals surface area (Å²) in [6, 6.07) is 3.15. The number of benzene rings is 1. The molecule has 1 N–H and O–H groups in total. The van der Waals surface area contributed by atoms with E-state index in [1.165, 1.54) is 25.1 Å². The Labute approximate surface area is 196 Å². The SMILES string of the molecule is COC(=O)[C@H](CSCC(=O)C(=O)OCc1cc(CO[N+](=O)[O-])cc(CO[N+](=O)[O-])c1)NC(C)=O. The minimum absolute atomic E-state index is 0.0242. The molecule has 34 heavy (non-hydrogen) atoms. The molecule has 0 aliphatic heterocycles. The normalized spacial score (nSPS) is 11.0. The van der Waals surface area contributed by atoms with Crippen LogP contribution in [0.25, 0.3) is 0 Å². The van der Waals surface area contributed by atoms with Crippen LogP contribution in [0.4, 0.5) is 0 Å². The van der Waals surface area contributed by atoms with Gasteiger partial charge in [-0.1, -0.05) is 18.2 Å². The van der Waals surface area contributed by atoms with Crippen molar-refractivity contribution in [1.29, 1.82) is 0 Å². The highest BCUT2D eigenvalue weighted by Crippen LogP contribution is 2.15. The number of hydrogen-bond donors (Lipinski definition) is 1. The van der Waals surface area contributed by atoms with Crippen molar-refractivity contribution in [3.05, 3.63) is 55.1 Å². The van der Waals surface area contributed by atoms with Crippen molar-refractivity contribution in [3.8, 4) is 0 Å². The third-order valence-electron chi connectivity index (χ3n) is 3.76. The molecule has 0 fully saturated rings. The molecule has 0 bridgehead atoms. The predicted molar refractivity (Wildman–Crippen MR) is 112 cm³/mol. The standard InChI is InChI=1S/C18H21N3O12S/c1-11(22)19-15(17(24)30-2)9-34-10-16(23)18(25)31-6-12-3-13(7-32-20(26)27)5-14(4-12)8-33-21(28)29/h3-5,15H,6-10H2,1-2H3,(H,19,22)/t15-/m0/s1. The van der Waals surface area contributed by atoms with Crippen molar-refractivity contribution in [2.75, 3.05) is 18.6 Å². The fourth-order valence-electron chi connectivity index (χ4n) is 2.46. The van der Waals surface area contributed by atoms with Gasteiger partial charge in [-0.05, 0) is 16.7 Å². The molecule has 0 heterocycles. The summed E-state index contributed by atoms with van der Waals surface area (Å²) in [5.74, 6) is -3.65. The van der Waals surface area contributed by atoms with Crippen LogP contribution in [0.2, 0.25) is 0 Å². The summed E-state index contributed by atoms with van der Waals surface area (Å²) in [5.41, 5.74) is 0.776. The Balaban J connectivity index is 2.69. The number of esters is 2. The van der Waals surface area contributed by atoms with Crippen LogP contribution in [-0.2, 0) is 58.1 Å². The maximum absolute atomic E-state index is 12.0. The van der Waals surface area contributed by atoms with E-state index in [1.807, 2.05) is 0 Å². The van der Waals surface area contributed by atoms with E-state index in [4.69, 9.17) is 4.74 Å². The van der Waals surface area contributed by atoms with E-state index in [9.17, 15) is 39.4 Å². The van der Waals surface area contributed by atoms with Crippen LogP contribution < -0.4 is 5.32 Å². The van der Waals surface area contributed by atoms with Crippen molar-refractivity contribution in [2.24, 2.45) is 0 Å². The van der Waals surface area contributed by atoms with E-state index >= 15 is 0 Å². The van der Waals surface area contributed by atoms with E-state index in [-0.39, 0.29) is 28.2 Å². The van der Waals surface area contributed by atoms with E-state index in [2.05, 4.69) is 19.7 Å². The molecule has 0 unspecified atom stereocenters. The van der Waals surface area contributed by atoms with Gasteiger partial charge in [0.05, 0.1) is 12.9 Å². The van der Waals surface area contributed by atoms with E-state index in [1.54, 1.807) is 0 Å². The lowest BCUT2D eigenvalue weighted by atomic mass is 10.1. The zero-order valence-corrected chi connectivity index (χ0v) is 18.9. The fourth-order valence-corrected chi connectivity index (χ4v) is 3.33. The molecule has 0 spiro atoms. The smallest absolute Gasteiger partial charge is 0.375 e. The minimum Gasteiger partial charge on any atom is -0.467 e. The minimum atomic E-state index is -1.18. The average Bonchev–Trinajstić information content (AvgIpc) is 2.78. The Bertz CT molecular complexity index is 903. The quantitative estimate of drug-likeness (QED) is 0.146. The first-order valence-electron chi connectivity index (χ1n) is 9.30. The van der Waals surface area contributed by atoms with E-state index in [0.717, 1.165) is 18.9 Å². The number of thioether (sulfide) groups is 1. The summed E-state index contributed by atoms with van der Waals surface area (Å²) in [5, 5.41) is 21.1. The van der Waals surface area contributed by atoms with Gasteiger partial charge in [-0.2, -0.15) is 11.8 Å². The summed E-state index contributed by atoms with van der Waals surface area (Å²) >= 11 is 0.902. The first-order chi connectivity index (χ1) is 16.0. The monoisotopic (exact) mass is 503 g/mol. The van der Waals surface area contributed by atoms with Crippen molar-refractivity contribution >= 4 is 35.4 Å². The van der Waals surface area contributed by atoms with Crippen molar-refractivity contribution in [2.45, 2.75) is 32.8 Å². The average molecular weight is 503 g/mol. The van der Waals surface area contributed by atoms with Crippen LogP contribution >= 0.6 is 11.8 Å². The molecule has 1 rings (SSSR count).